The SMILES string of the molecule is Cc1nc2ccc(N)cc2c(=O)n1C1CC1. The number of anilines is 1. The first-order valence-corrected chi connectivity index (χ1v) is 5.45. The highest BCUT2D eigenvalue weighted by Crippen LogP contribution is 2.34. The van der Waals surface area contributed by atoms with Crippen molar-refractivity contribution < 1.29 is 0 Å². The first-order chi connectivity index (χ1) is 7.66. The summed E-state index contributed by atoms with van der Waals surface area (Å²) in [6.45, 7) is 1.88. The zero-order valence-corrected chi connectivity index (χ0v) is 9.10. The monoisotopic (exact) mass is 215 g/mol. The van der Waals surface area contributed by atoms with Crippen LogP contribution in [0.4, 0.5) is 5.69 Å². The van der Waals surface area contributed by atoms with Crippen LogP contribution >= 0.6 is 0 Å². The van der Waals surface area contributed by atoms with Crippen molar-refractivity contribution in [3.8, 4) is 0 Å². The average molecular weight is 215 g/mol. The number of aryl methyl sites for hydroxylation is 1. The lowest BCUT2D eigenvalue weighted by molar-refractivity contribution is 0.668. The van der Waals surface area contributed by atoms with E-state index in [1.165, 1.54) is 0 Å². The van der Waals surface area contributed by atoms with Crippen LogP contribution in [0.15, 0.2) is 23.0 Å². The number of hydrogen-bond acceptors (Lipinski definition) is 3. The van der Waals surface area contributed by atoms with E-state index in [9.17, 15) is 4.79 Å². The molecule has 1 aliphatic rings. The van der Waals surface area contributed by atoms with Crippen LogP contribution in [-0.2, 0) is 0 Å². The number of aromatic nitrogens is 2. The molecule has 2 aromatic rings. The van der Waals surface area contributed by atoms with Gasteiger partial charge >= 0.3 is 0 Å². The number of hydrogen-bond donors (Lipinski definition) is 1. The maximum absolute atomic E-state index is 12.3. The first kappa shape index (κ1) is 9.39. The topological polar surface area (TPSA) is 60.9 Å². The van der Waals surface area contributed by atoms with Gasteiger partial charge in [-0.15, -0.1) is 0 Å². The van der Waals surface area contributed by atoms with Gasteiger partial charge in [0.05, 0.1) is 10.9 Å². The van der Waals surface area contributed by atoms with Crippen LogP contribution in [0.2, 0.25) is 0 Å². The summed E-state index contributed by atoms with van der Waals surface area (Å²) in [5.74, 6) is 0.796. The number of benzene rings is 1. The molecule has 2 N–H and O–H groups in total. The Morgan fingerprint density at radius 2 is 2.19 bits per heavy atom. The van der Waals surface area contributed by atoms with Gasteiger partial charge in [0, 0.05) is 11.7 Å². The standard InChI is InChI=1S/C12H13N3O/c1-7-14-11-5-2-8(13)6-10(11)12(16)15(7)9-3-4-9/h2,5-6,9H,3-4,13H2,1H3. The molecular formula is C12H13N3O. The number of nitrogens with zero attached hydrogens (tertiary/aromatic N) is 2. The van der Waals surface area contributed by atoms with E-state index in [1.54, 1.807) is 22.8 Å². The summed E-state index contributed by atoms with van der Waals surface area (Å²) in [5, 5.41) is 0.623. The van der Waals surface area contributed by atoms with E-state index in [0.29, 0.717) is 17.1 Å². The Kier molecular flexibility index (Phi) is 1.80. The lowest BCUT2D eigenvalue weighted by Gasteiger charge is -2.09. The molecule has 4 heteroatoms. The average Bonchev–Trinajstić information content (AvgIpc) is 3.04. The van der Waals surface area contributed by atoms with E-state index in [4.69, 9.17) is 5.73 Å². The Labute approximate surface area is 92.7 Å². The first-order valence-electron chi connectivity index (χ1n) is 5.45. The molecule has 0 unspecified atom stereocenters. The van der Waals surface area contributed by atoms with Crippen molar-refractivity contribution in [3.05, 3.63) is 34.4 Å². The number of nitrogen functional groups attached to an aromatic ring is 1. The summed E-state index contributed by atoms with van der Waals surface area (Å²) < 4.78 is 1.79. The molecule has 0 amide bonds. The normalized spacial score (nSPS) is 15.6. The molecule has 0 bridgehead atoms. The van der Waals surface area contributed by atoms with Crippen LogP contribution in [0.5, 0.6) is 0 Å². The van der Waals surface area contributed by atoms with Gasteiger partial charge in [-0.3, -0.25) is 9.36 Å². The molecule has 0 radical (unpaired) electrons. The number of fused-ring (bicyclic) bond motifs is 1. The van der Waals surface area contributed by atoms with E-state index >= 15 is 0 Å². The molecule has 1 heterocycles. The molecular weight excluding hydrogens is 202 g/mol. The van der Waals surface area contributed by atoms with E-state index in [-0.39, 0.29) is 5.56 Å². The van der Waals surface area contributed by atoms with Gasteiger partial charge in [-0.1, -0.05) is 0 Å². The fraction of sp³-hybridized carbons (Fsp3) is 0.333. The fourth-order valence-corrected chi connectivity index (χ4v) is 2.09. The predicted molar refractivity (Wildman–Crippen MR) is 63.4 cm³/mol. The van der Waals surface area contributed by atoms with Crippen molar-refractivity contribution in [2.24, 2.45) is 0 Å². The van der Waals surface area contributed by atoms with E-state index in [1.807, 2.05) is 6.92 Å². The lowest BCUT2D eigenvalue weighted by Crippen LogP contribution is -2.23. The van der Waals surface area contributed by atoms with Crippen LogP contribution in [0.3, 0.4) is 0 Å². The van der Waals surface area contributed by atoms with Gasteiger partial charge in [0.2, 0.25) is 0 Å². The van der Waals surface area contributed by atoms with Crippen molar-refractivity contribution in [2.75, 3.05) is 5.73 Å². The van der Waals surface area contributed by atoms with Crippen LogP contribution in [0.1, 0.15) is 24.7 Å². The van der Waals surface area contributed by atoms with Gasteiger partial charge in [-0.25, -0.2) is 4.98 Å². The zero-order valence-electron chi connectivity index (χ0n) is 9.10. The Morgan fingerprint density at radius 3 is 2.88 bits per heavy atom. The third kappa shape index (κ3) is 1.30. The van der Waals surface area contributed by atoms with Gasteiger partial charge < -0.3 is 5.73 Å². The summed E-state index contributed by atoms with van der Waals surface area (Å²) in [4.78, 5) is 16.7. The third-order valence-corrected chi connectivity index (χ3v) is 3.01. The van der Waals surface area contributed by atoms with Gasteiger partial charge in [0.25, 0.3) is 5.56 Å². The summed E-state index contributed by atoms with van der Waals surface area (Å²) in [7, 11) is 0. The molecule has 3 rings (SSSR count). The van der Waals surface area contributed by atoms with Crippen LogP contribution in [-0.4, -0.2) is 9.55 Å². The minimum atomic E-state index is 0.0392. The van der Waals surface area contributed by atoms with Crippen molar-refractivity contribution in [1.29, 1.82) is 0 Å². The number of nitrogens with two attached hydrogens (primary N) is 1. The summed E-state index contributed by atoms with van der Waals surface area (Å²) >= 11 is 0. The second-order valence-corrected chi connectivity index (χ2v) is 4.34. The van der Waals surface area contributed by atoms with Gasteiger partial charge in [0.1, 0.15) is 5.82 Å². The van der Waals surface area contributed by atoms with Crippen molar-refractivity contribution in [1.82, 2.24) is 9.55 Å². The Bertz CT molecular complexity index is 626. The highest BCUT2D eigenvalue weighted by atomic mass is 16.1. The van der Waals surface area contributed by atoms with E-state index < -0.39 is 0 Å². The minimum absolute atomic E-state index is 0.0392. The van der Waals surface area contributed by atoms with Crippen molar-refractivity contribution in [2.45, 2.75) is 25.8 Å². The zero-order chi connectivity index (χ0) is 11.3. The molecule has 0 spiro atoms. The van der Waals surface area contributed by atoms with Gasteiger partial charge in [0.15, 0.2) is 0 Å². The molecule has 0 atom stereocenters. The summed E-state index contributed by atoms with van der Waals surface area (Å²) in [6.07, 6.45) is 2.16. The minimum Gasteiger partial charge on any atom is -0.399 e. The molecule has 4 nitrogen and oxygen atoms in total. The van der Waals surface area contributed by atoms with Crippen LogP contribution in [0, 0.1) is 6.92 Å². The second kappa shape index (κ2) is 3.07. The van der Waals surface area contributed by atoms with Crippen LogP contribution in [0.25, 0.3) is 10.9 Å². The molecule has 1 fully saturated rings. The smallest absolute Gasteiger partial charge is 0.261 e. The molecule has 1 aromatic heterocycles. The van der Waals surface area contributed by atoms with Gasteiger partial charge in [-0.2, -0.15) is 0 Å². The Balaban J connectivity index is 2.40. The third-order valence-electron chi connectivity index (χ3n) is 3.01. The highest BCUT2D eigenvalue weighted by Gasteiger charge is 2.27. The molecule has 16 heavy (non-hydrogen) atoms. The summed E-state index contributed by atoms with van der Waals surface area (Å²) in [5.41, 5.74) is 7.07. The maximum Gasteiger partial charge on any atom is 0.261 e. The Morgan fingerprint density at radius 1 is 1.44 bits per heavy atom. The molecule has 1 aromatic carbocycles. The second-order valence-electron chi connectivity index (χ2n) is 4.34. The van der Waals surface area contributed by atoms with Gasteiger partial charge in [-0.05, 0) is 38.0 Å². The summed E-state index contributed by atoms with van der Waals surface area (Å²) in [6, 6.07) is 5.64. The number of rotatable bonds is 1. The molecule has 1 aliphatic carbocycles. The van der Waals surface area contributed by atoms with E-state index in [2.05, 4.69) is 4.98 Å². The fourth-order valence-electron chi connectivity index (χ4n) is 2.09. The molecule has 0 aliphatic heterocycles. The van der Waals surface area contributed by atoms with Crippen molar-refractivity contribution in [3.63, 3.8) is 0 Å². The van der Waals surface area contributed by atoms with E-state index in [0.717, 1.165) is 24.2 Å². The van der Waals surface area contributed by atoms with Crippen LogP contribution < -0.4 is 11.3 Å². The molecule has 1 saturated carbocycles. The quantitative estimate of drug-likeness (QED) is 0.735. The highest BCUT2D eigenvalue weighted by molar-refractivity contribution is 5.81. The van der Waals surface area contributed by atoms with Crippen molar-refractivity contribution >= 4 is 16.6 Å². The maximum atomic E-state index is 12.3. The lowest BCUT2D eigenvalue weighted by atomic mass is 10.2. The predicted octanol–water partition coefficient (Wildman–Crippen LogP) is 1.62. The molecule has 82 valence electrons. The largest absolute Gasteiger partial charge is 0.399 e. The Hall–Kier alpha value is -1.84. The molecule has 0 saturated heterocycles.